The lowest BCUT2D eigenvalue weighted by Gasteiger charge is -2.06. The molecule has 1 rings (SSSR count). The molecule has 1 heterocycles. The van der Waals surface area contributed by atoms with Gasteiger partial charge in [0.25, 0.3) is 0 Å². The first-order chi connectivity index (χ1) is 7.68. The lowest BCUT2D eigenvalue weighted by molar-refractivity contribution is 0.124. The molecule has 0 amide bonds. The molecule has 1 aromatic heterocycles. The van der Waals surface area contributed by atoms with Crippen LogP contribution in [0, 0.1) is 12.8 Å². The molecule has 0 spiro atoms. The molecule has 0 unspecified atom stereocenters. The number of nitrogens with zero attached hydrogens (tertiary/aromatic N) is 1. The Balaban J connectivity index is 1.92. The second-order valence-electron chi connectivity index (χ2n) is 4.34. The van der Waals surface area contributed by atoms with E-state index in [9.17, 15) is 0 Å². The summed E-state index contributed by atoms with van der Waals surface area (Å²) in [6.45, 7) is 9.38. The number of ether oxygens (including phenoxy) is 1. The summed E-state index contributed by atoms with van der Waals surface area (Å²) in [5, 5.41) is 3.22. The minimum absolute atomic E-state index is 0.668. The number of aromatic nitrogens is 1. The van der Waals surface area contributed by atoms with Crippen molar-refractivity contribution in [2.24, 2.45) is 5.92 Å². The van der Waals surface area contributed by atoms with Crippen LogP contribution >= 0.6 is 0 Å². The molecule has 4 nitrogen and oxygen atoms in total. The van der Waals surface area contributed by atoms with Crippen molar-refractivity contribution in [2.45, 2.75) is 33.7 Å². The fourth-order valence-electron chi connectivity index (χ4n) is 1.24. The number of rotatable bonds is 8. The summed E-state index contributed by atoms with van der Waals surface area (Å²) in [5.74, 6) is 2.30. The van der Waals surface area contributed by atoms with Crippen LogP contribution in [-0.4, -0.2) is 24.7 Å². The van der Waals surface area contributed by atoms with Crippen molar-refractivity contribution in [3.05, 3.63) is 17.8 Å². The third-order valence-corrected chi connectivity index (χ3v) is 2.21. The number of hydrogen-bond donors (Lipinski definition) is 1. The van der Waals surface area contributed by atoms with Gasteiger partial charge in [0, 0.05) is 13.2 Å². The summed E-state index contributed by atoms with van der Waals surface area (Å²) in [6.07, 6.45) is 2.86. The van der Waals surface area contributed by atoms with Gasteiger partial charge in [-0.3, -0.25) is 0 Å². The van der Waals surface area contributed by atoms with Crippen molar-refractivity contribution in [3.8, 4) is 0 Å². The van der Waals surface area contributed by atoms with E-state index in [1.807, 2.05) is 6.92 Å². The minimum Gasteiger partial charge on any atom is -0.445 e. The number of aryl methyl sites for hydroxylation is 1. The first-order valence-corrected chi connectivity index (χ1v) is 5.88. The quantitative estimate of drug-likeness (QED) is 0.690. The Morgan fingerprint density at radius 3 is 2.88 bits per heavy atom. The maximum atomic E-state index is 5.47. The smallest absolute Gasteiger partial charge is 0.208 e. The van der Waals surface area contributed by atoms with Crippen molar-refractivity contribution in [1.29, 1.82) is 0 Å². The summed E-state index contributed by atoms with van der Waals surface area (Å²) in [4.78, 5) is 4.10. The van der Waals surface area contributed by atoms with Crippen molar-refractivity contribution in [2.75, 3.05) is 19.8 Å². The van der Waals surface area contributed by atoms with Gasteiger partial charge in [0.15, 0.2) is 0 Å². The SMILES string of the molecule is Cc1cnc(CNCCOCCC(C)C)o1. The zero-order valence-electron chi connectivity index (χ0n) is 10.5. The number of hydrogen-bond acceptors (Lipinski definition) is 4. The van der Waals surface area contributed by atoms with E-state index in [0.29, 0.717) is 12.5 Å². The first-order valence-electron chi connectivity index (χ1n) is 5.88. The molecule has 1 N–H and O–H groups in total. The van der Waals surface area contributed by atoms with Crippen molar-refractivity contribution in [1.82, 2.24) is 10.3 Å². The summed E-state index contributed by atoms with van der Waals surface area (Å²) in [6, 6.07) is 0. The molecule has 0 aromatic carbocycles. The van der Waals surface area contributed by atoms with Crippen molar-refractivity contribution < 1.29 is 9.15 Å². The van der Waals surface area contributed by atoms with Crippen LogP contribution in [-0.2, 0) is 11.3 Å². The molecule has 92 valence electrons. The number of nitrogens with one attached hydrogen (secondary N) is 1. The van der Waals surface area contributed by atoms with E-state index in [0.717, 1.165) is 37.8 Å². The van der Waals surface area contributed by atoms with Gasteiger partial charge < -0.3 is 14.5 Å². The Morgan fingerprint density at radius 2 is 2.25 bits per heavy atom. The zero-order valence-corrected chi connectivity index (χ0v) is 10.5. The third-order valence-electron chi connectivity index (χ3n) is 2.21. The lowest BCUT2D eigenvalue weighted by Crippen LogP contribution is -2.19. The lowest BCUT2D eigenvalue weighted by atomic mass is 10.1. The van der Waals surface area contributed by atoms with Gasteiger partial charge in [0.05, 0.1) is 19.3 Å². The summed E-state index contributed by atoms with van der Waals surface area (Å²) in [7, 11) is 0. The van der Waals surface area contributed by atoms with Crippen LogP contribution < -0.4 is 5.32 Å². The van der Waals surface area contributed by atoms with Crippen LogP contribution in [0.25, 0.3) is 0 Å². The van der Waals surface area contributed by atoms with Crippen LogP contribution in [0.2, 0.25) is 0 Å². The van der Waals surface area contributed by atoms with Crippen molar-refractivity contribution in [3.63, 3.8) is 0 Å². The molecule has 0 saturated heterocycles. The predicted octanol–water partition coefficient (Wildman–Crippen LogP) is 2.14. The van der Waals surface area contributed by atoms with Gasteiger partial charge in [0.1, 0.15) is 5.76 Å². The molecule has 1 aromatic rings. The normalized spacial score (nSPS) is 11.2. The van der Waals surface area contributed by atoms with Crippen LogP contribution in [0.1, 0.15) is 31.9 Å². The summed E-state index contributed by atoms with van der Waals surface area (Å²) < 4.78 is 10.8. The Morgan fingerprint density at radius 1 is 1.44 bits per heavy atom. The Labute approximate surface area is 97.4 Å². The largest absolute Gasteiger partial charge is 0.445 e. The molecular weight excluding hydrogens is 204 g/mol. The molecule has 0 bridgehead atoms. The van der Waals surface area contributed by atoms with Crippen LogP contribution in [0.15, 0.2) is 10.6 Å². The first kappa shape index (κ1) is 13.2. The molecule has 0 saturated carbocycles. The molecule has 0 fully saturated rings. The average molecular weight is 226 g/mol. The monoisotopic (exact) mass is 226 g/mol. The van der Waals surface area contributed by atoms with E-state index >= 15 is 0 Å². The van der Waals surface area contributed by atoms with Gasteiger partial charge >= 0.3 is 0 Å². The topological polar surface area (TPSA) is 47.3 Å². The number of oxazole rings is 1. The third kappa shape index (κ3) is 5.88. The van der Waals surface area contributed by atoms with Crippen LogP contribution in [0.5, 0.6) is 0 Å². The molecule has 4 heteroatoms. The van der Waals surface area contributed by atoms with E-state index in [1.54, 1.807) is 6.20 Å². The predicted molar refractivity (Wildman–Crippen MR) is 63.2 cm³/mol. The van der Waals surface area contributed by atoms with Gasteiger partial charge in [0.2, 0.25) is 5.89 Å². The highest BCUT2D eigenvalue weighted by Gasteiger charge is 1.99. The van der Waals surface area contributed by atoms with Crippen LogP contribution in [0.4, 0.5) is 0 Å². The second kappa shape index (κ2) is 7.41. The van der Waals surface area contributed by atoms with Gasteiger partial charge in [-0.25, -0.2) is 4.98 Å². The second-order valence-corrected chi connectivity index (χ2v) is 4.34. The van der Waals surface area contributed by atoms with Crippen molar-refractivity contribution >= 4 is 0 Å². The maximum absolute atomic E-state index is 5.47. The van der Waals surface area contributed by atoms with Gasteiger partial charge in [-0.2, -0.15) is 0 Å². The van der Waals surface area contributed by atoms with E-state index in [2.05, 4.69) is 24.1 Å². The molecule has 0 aliphatic carbocycles. The molecule has 0 aliphatic rings. The highest BCUT2D eigenvalue weighted by molar-refractivity contribution is 4.90. The highest BCUT2D eigenvalue weighted by atomic mass is 16.5. The van der Waals surface area contributed by atoms with E-state index in [-0.39, 0.29) is 0 Å². The Bertz CT molecular complexity index is 284. The molecule has 0 aliphatic heterocycles. The van der Waals surface area contributed by atoms with E-state index in [4.69, 9.17) is 9.15 Å². The molecule has 16 heavy (non-hydrogen) atoms. The fourth-order valence-corrected chi connectivity index (χ4v) is 1.24. The summed E-state index contributed by atoms with van der Waals surface area (Å²) in [5.41, 5.74) is 0. The molecule has 0 atom stereocenters. The van der Waals surface area contributed by atoms with Crippen LogP contribution in [0.3, 0.4) is 0 Å². The van der Waals surface area contributed by atoms with Gasteiger partial charge in [-0.05, 0) is 19.3 Å². The zero-order chi connectivity index (χ0) is 11.8. The minimum atomic E-state index is 0.668. The average Bonchev–Trinajstić information content (AvgIpc) is 2.62. The van der Waals surface area contributed by atoms with Gasteiger partial charge in [-0.15, -0.1) is 0 Å². The highest BCUT2D eigenvalue weighted by Crippen LogP contribution is 2.00. The van der Waals surface area contributed by atoms with E-state index < -0.39 is 0 Å². The van der Waals surface area contributed by atoms with Gasteiger partial charge in [-0.1, -0.05) is 13.8 Å². The summed E-state index contributed by atoms with van der Waals surface area (Å²) >= 11 is 0. The van der Waals surface area contributed by atoms with E-state index in [1.165, 1.54) is 0 Å². The Kier molecular flexibility index (Phi) is 6.11. The maximum Gasteiger partial charge on any atom is 0.208 e. The Hall–Kier alpha value is -0.870. The molecular formula is C12H22N2O2. The standard InChI is InChI=1S/C12H22N2O2/c1-10(2)4-6-15-7-5-13-9-12-14-8-11(3)16-12/h8,10,13H,4-7,9H2,1-3H3. The molecule has 0 radical (unpaired) electrons. The fraction of sp³-hybridized carbons (Fsp3) is 0.750.